The van der Waals surface area contributed by atoms with Crippen LogP contribution in [-0.2, 0) is 16.1 Å². The maximum Gasteiger partial charge on any atom is 0.343 e. The van der Waals surface area contributed by atoms with Gasteiger partial charge in [-0.15, -0.1) is 0 Å². The molecule has 0 aromatic carbocycles. The van der Waals surface area contributed by atoms with Crippen molar-refractivity contribution in [3.63, 3.8) is 0 Å². The van der Waals surface area contributed by atoms with Crippen molar-refractivity contribution in [3.05, 3.63) is 23.7 Å². The predicted molar refractivity (Wildman–Crippen MR) is 61.4 cm³/mol. The summed E-state index contributed by atoms with van der Waals surface area (Å²) in [5, 5.41) is 8.76. The summed E-state index contributed by atoms with van der Waals surface area (Å²) in [6, 6.07) is 3.06. The molecule has 0 unspecified atom stereocenters. The zero-order valence-electron chi connectivity index (χ0n) is 10.4. The van der Waals surface area contributed by atoms with Gasteiger partial charge in [-0.25, -0.2) is 9.18 Å². The molecule has 0 saturated carbocycles. The topological polar surface area (TPSA) is 80.0 Å². The van der Waals surface area contributed by atoms with Crippen molar-refractivity contribution in [2.24, 2.45) is 0 Å². The number of furan rings is 1. The van der Waals surface area contributed by atoms with Gasteiger partial charge in [-0.05, 0) is 12.1 Å². The number of carboxylic acids is 1. The first-order valence-electron chi connectivity index (χ1n) is 5.75. The molecule has 6 nitrogen and oxygen atoms in total. The lowest BCUT2D eigenvalue weighted by Crippen LogP contribution is -2.38. The Kier molecular flexibility index (Phi) is 3.57. The summed E-state index contributed by atoms with van der Waals surface area (Å²) in [6.07, 6.45) is -0.209. The van der Waals surface area contributed by atoms with E-state index in [0.717, 1.165) is 4.90 Å². The molecule has 1 amide bonds. The predicted octanol–water partition coefficient (Wildman–Crippen LogP) is 1.06. The first-order valence-corrected chi connectivity index (χ1v) is 5.75. The summed E-state index contributed by atoms with van der Waals surface area (Å²) in [4.78, 5) is 23.9. The van der Waals surface area contributed by atoms with Gasteiger partial charge in [0.25, 0.3) is 5.91 Å². The van der Waals surface area contributed by atoms with Crippen LogP contribution >= 0.6 is 0 Å². The maximum absolute atomic E-state index is 13.8. The number of carboxylic acid groups (broad SMARTS) is 1. The van der Waals surface area contributed by atoms with E-state index >= 15 is 0 Å². The Labute approximate surface area is 108 Å². The van der Waals surface area contributed by atoms with Crippen molar-refractivity contribution in [2.45, 2.75) is 18.7 Å². The highest BCUT2D eigenvalue weighted by molar-refractivity contribution is 5.92. The molecule has 1 N–H and O–H groups in total. The van der Waals surface area contributed by atoms with Gasteiger partial charge in [0.05, 0.1) is 6.54 Å². The van der Waals surface area contributed by atoms with Crippen LogP contribution in [0.25, 0.3) is 0 Å². The van der Waals surface area contributed by atoms with Crippen LogP contribution in [0.5, 0.6) is 0 Å². The third kappa shape index (κ3) is 2.60. The molecule has 1 fully saturated rings. The van der Waals surface area contributed by atoms with Crippen LogP contribution in [0.1, 0.15) is 22.7 Å². The van der Waals surface area contributed by atoms with E-state index in [1.165, 1.54) is 13.2 Å². The normalized spacial score (nSPS) is 22.7. The lowest BCUT2D eigenvalue weighted by Gasteiger charge is -2.16. The summed E-state index contributed by atoms with van der Waals surface area (Å²) in [6.45, 7) is -0.168. The summed E-state index contributed by atoms with van der Waals surface area (Å²) < 4.78 is 23.9. The number of carbonyl (C=O) groups is 2. The molecular weight excluding hydrogens is 257 g/mol. The molecule has 2 heterocycles. The van der Waals surface area contributed by atoms with Gasteiger partial charge >= 0.3 is 5.97 Å². The number of nitrogens with zero attached hydrogens (tertiary/aromatic N) is 1. The molecule has 1 aliphatic heterocycles. The number of carbonyl (C=O) groups excluding carboxylic acids is 1. The zero-order chi connectivity index (χ0) is 14.0. The van der Waals surface area contributed by atoms with Crippen LogP contribution in [0.4, 0.5) is 4.39 Å². The second-order valence-corrected chi connectivity index (χ2v) is 4.45. The van der Waals surface area contributed by atoms with E-state index in [2.05, 4.69) is 0 Å². The molecule has 1 aromatic rings. The van der Waals surface area contributed by atoms with Crippen LogP contribution in [0.3, 0.4) is 0 Å². The molecule has 0 aliphatic carbocycles. The minimum Gasteiger partial charge on any atom is -0.479 e. The molecular formula is C12H14FNO5. The summed E-state index contributed by atoms with van der Waals surface area (Å²) in [7, 11) is 1.49. The van der Waals surface area contributed by atoms with E-state index in [-0.39, 0.29) is 25.3 Å². The third-order valence-corrected chi connectivity index (χ3v) is 3.05. The highest BCUT2D eigenvalue weighted by atomic mass is 19.1. The van der Waals surface area contributed by atoms with Crippen molar-refractivity contribution in [1.82, 2.24) is 4.90 Å². The first kappa shape index (κ1) is 13.5. The number of likely N-dealkylation sites (tertiary alicyclic amines) is 1. The van der Waals surface area contributed by atoms with Gasteiger partial charge in [0.15, 0.2) is 5.76 Å². The molecule has 0 spiro atoms. The molecule has 7 heteroatoms. The number of hydrogen-bond acceptors (Lipinski definition) is 4. The highest BCUT2D eigenvalue weighted by Gasteiger charge is 2.47. The van der Waals surface area contributed by atoms with Gasteiger partial charge in [0.2, 0.25) is 5.67 Å². The van der Waals surface area contributed by atoms with Gasteiger partial charge in [-0.2, -0.15) is 0 Å². The summed E-state index contributed by atoms with van der Waals surface area (Å²) in [5.41, 5.74) is -2.36. The van der Waals surface area contributed by atoms with E-state index in [0.29, 0.717) is 5.76 Å². The fraction of sp³-hybridized carbons (Fsp3) is 0.500. The minimum absolute atomic E-state index is 0.0571. The van der Waals surface area contributed by atoms with Gasteiger partial charge in [-0.3, -0.25) is 4.79 Å². The standard InChI is InChI=1S/C12H14FNO5/c1-18-6-8-2-3-9(19-8)10(15)14-5-4-12(13,7-14)11(16)17/h2-3H,4-7H2,1H3,(H,16,17)/t12-/m0/s1. The average Bonchev–Trinajstić information content (AvgIpc) is 2.97. The van der Waals surface area contributed by atoms with E-state index in [9.17, 15) is 14.0 Å². The lowest BCUT2D eigenvalue weighted by atomic mass is 10.1. The number of rotatable bonds is 4. The van der Waals surface area contributed by atoms with Crippen LogP contribution < -0.4 is 0 Å². The Balaban J connectivity index is 2.06. The van der Waals surface area contributed by atoms with Crippen LogP contribution in [0, 0.1) is 0 Å². The van der Waals surface area contributed by atoms with Gasteiger partial charge in [0.1, 0.15) is 12.4 Å². The maximum atomic E-state index is 13.8. The number of aliphatic carboxylic acids is 1. The Morgan fingerprint density at radius 2 is 2.32 bits per heavy atom. The summed E-state index contributed by atoms with van der Waals surface area (Å²) in [5.74, 6) is -1.51. The number of amides is 1. The Morgan fingerprint density at radius 1 is 1.58 bits per heavy atom. The SMILES string of the molecule is COCc1ccc(C(=O)N2CC[C@@](F)(C(=O)O)C2)o1. The Bertz CT molecular complexity index is 500. The quantitative estimate of drug-likeness (QED) is 0.885. The fourth-order valence-electron chi connectivity index (χ4n) is 1.99. The van der Waals surface area contributed by atoms with E-state index < -0.39 is 24.1 Å². The van der Waals surface area contributed by atoms with Crippen molar-refractivity contribution in [3.8, 4) is 0 Å². The van der Waals surface area contributed by atoms with E-state index in [1.54, 1.807) is 6.07 Å². The highest BCUT2D eigenvalue weighted by Crippen LogP contribution is 2.27. The van der Waals surface area contributed by atoms with Crippen molar-refractivity contribution < 1.29 is 28.2 Å². The monoisotopic (exact) mass is 271 g/mol. The second kappa shape index (κ2) is 5.00. The molecule has 19 heavy (non-hydrogen) atoms. The van der Waals surface area contributed by atoms with E-state index in [4.69, 9.17) is 14.3 Å². The molecule has 1 atom stereocenters. The van der Waals surface area contributed by atoms with E-state index in [1.807, 2.05) is 0 Å². The average molecular weight is 271 g/mol. The Hall–Kier alpha value is -1.89. The second-order valence-electron chi connectivity index (χ2n) is 4.45. The molecule has 0 radical (unpaired) electrons. The first-order chi connectivity index (χ1) is 8.96. The minimum atomic E-state index is -2.36. The molecule has 0 bridgehead atoms. The van der Waals surface area contributed by atoms with Gasteiger partial charge < -0.3 is 19.2 Å². The van der Waals surface area contributed by atoms with Crippen molar-refractivity contribution in [2.75, 3.05) is 20.2 Å². The molecule has 1 saturated heterocycles. The smallest absolute Gasteiger partial charge is 0.343 e. The Morgan fingerprint density at radius 3 is 2.89 bits per heavy atom. The number of halogens is 1. The third-order valence-electron chi connectivity index (χ3n) is 3.05. The number of alkyl halides is 1. The fourth-order valence-corrected chi connectivity index (χ4v) is 1.99. The number of ether oxygens (including phenoxy) is 1. The van der Waals surface area contributed by atoms with Crippen LogP contribution in [0.2, 0.25) is 0 Å². The van der Waals surface area contributed by atoms with Crippen molar-refractivity contribution >= 4 is 11.9 Å². The van der Waals surface area contributed by atoms with Crippen molar-refractivity contribution in [1.29, 1.82) is 0 Å². The molecule has 2 rings (SSSR count). The zero-order valence-corrected chi connectivity index (χ0v) is 10.4. The largest absolute Gasteiger partial charge is 0.479 e. The van der Waals surface area contributed by atoms with Crippen LogP contribution in [0.15, 0.2) is 16.5 Å². The van der Waals surface area contributed by atoms with Gasteiger partial charge in [-0.1, -0.05) is 0 Å². The number of methoxy groups -OCH3 is 1. The molecule has 104 valence electrons. The van der Waals surface area contributed by atoms with Gasteiger partial charge in [0, 0.05) is 20.1 Å². The molecule has 1 aliphatic rings. The lowest BCUT2D eigenvalue weighted by molar-refractivity contribution is -0.149. The van der Waals surface area contributed by atoms with Crippen LogP contribution in [-0.4, -0.2) is 47.8 Å². The molecule has 1 aromatic heterocycles. The summed E-state index contributed by atoms with van der Waals surface area (Å²) >= 11 is 0. The number of hydrogen-bond donors (Lipinski definition) is 1.